The van der Waals surface area contributed by atoms with E-state index in [1.54, 1.807) is 37.3 Å². The van der Waals surface area contributed by atoms with Crippen molar-refractivity contribution >= 4 is 18.0 Å². The van der Waals surface area contributed by atoms with Crippen molar-refractivity contribution in [3.8, 4) is 23.0 Å². The summed E-state index contributed by atoms with van der Waals surface area (Å²) in [6.45, 7) is 1.49. The standard InChI is InChI=1S/C28H24N2O5/c1-28(19-10-3-2-4-11-19,26(33)29-17-9-16-25(31)32)30-27(34)35-18-24-22-14-7-5-12-20(22)21-13-6-8-15-23(21)24/h2-8,10-15,24H,17-18H2,1H3,(H,29,33)(H,30,34)(H,31,32). The molecule has 2 amide bonds. The largest absolute Gasteiger partial charge is 0.472 e. The van der Waals surface area contributed by atoms with E-state index in [0.717, 1.165) is 22.3 Å². The summed E-state index contributed by atoms with van der Waals surface area (Å²) in [4.78, 5) is 36.5. The average Bonchev–Trinajstić information content (AvgIpc) is 3.19. The quantitative estimate of drug-likeness (QED) is 0.479. The first-order valence-corrected chi connectivity index (χ1v) is 11.1. The van der Waals surface area contributed by atoms with Crippen molar-refractivity contribution in [1.82, 2.24) is 10.6 Å². The third-order valence-corrected chi connectivity index (χ3v) is 6.03. The van der Waals surface area contributed by atoms with Crippen LogP contribution in [-0.4, -0.2) is 36.2 Å². The molecule has 0 saturated heterocycles. The van der Waals surface area contributed by atoms with E-state index in [4.69, 9.17) is 9.84 Å². The summed E-state index contributed by atoms with van der Waals surface area (Å²) in [5, 5.41) is 13.9. The summed E-state index contributed by atoms with van der Waals surface area (Å²) in [6, 6.07) is 24.8. The number of hydrogen-bond donors (Lipinski definition) is 3. The highest BCUT2D eigenvalue weighted by Gasteiger charge is 2.38. The topological polar surface area (TPSA) is 105 Å². The van der Waals surface area contributed by atoms with Crippen LogP contribution < -0.4 is 10.6 Å². The highest BCUT2D eigenvalue weighted by atomic mass is 16.5. The second-order valence-electron chi connectivity index (χ2n) is 8.23. The molecule has 7 nitrogen and oxygen atoms in total. The van der Waals surface area contributed by atoms with Gasteiger partial charge >= 0.3 is 12.1 Å². The van der Waals surface area contributed by atoms with E-state index in [9.17, 15) is 14.4 Å². The van der Waals surface area contributed by atoms with Crippen LogP contribution in [0.2, 0.25) is 0 Å². The van der Waals surface area contributed by atoms with Gasteiger partial charge in [-0.25, -0.2) is 9.59 Å². The van der Waals surface area contributed by atoms with Crippen LogP contribution in [0.1, 0.15) is 29.5 Å². The first kappa shape index (κ1) is 23.6. The zero-order valence-electron chi connectivity index (χ0n) is 19.1. The molecular formula is C28H24N2O5. The number of carbonyl (C=O) groups is 3. The fourth-order valence-corrected chi connectivity index (χ4v) is 4.29. The Morgan fingerprint density at radius 3 is 2.09 bits per heavy atom. The van der Waals surface area contributed by atoms with E-state index in [-0.39, 0.29) is 19.1 Å². The molecule has 0 fully saturated rings. The Hall–Kier alpha value is -4.57. The van der Waals surface area contributed by atoms with Crippen molar-refractivity contribution in [3.63, 3.8) is 0 Å². The van der Waals surface area contributed by atoms with Gasteiger partial charge in [0.2, 0.25) is 0 Å². The summed E-state index contributed by atoms with van der Waals surface area (Å²) in [5.74, 6) is 2.34. The lowest BCUT2D eigenvalue weighted by atomic mass is 9.91. The number of fused-ring (bicyclic) bond motifs is 3. The van der Waals surface area contributed by atoms with E-state index >= 15 is 0 Å². The minimum Gasteiger partial charge on any atom is -0.472 e. The number of ether oxygens (including phenoxy) is 1. The van der Waals surface area contributed by atoms with E-state index < -0.39 is 23.5 Å². The summed E-state index contributed by atoms with van der Waals surface area (Å²) in [6.07, 6.45) is -0.745. The van der Waals surface area contributed by atoms with Crippen LogP contribution in [0.5, 0.6) is 0 Å². The maximum atomic E-state index is 13.0. The Morgan fingerprint density at radius 1 is 0.914 bits per heavy atom. The molecular weight excluding hydrogens is 444 g/mol. The minimum atomic E-state index is -1.46. The fraction of sp³-hybridized carbons (Fsp3) is 0.179. The molecule has 7 heteroatoms. The van der Waals surface area contributed by atoms with Gasteiger partial charge in [-0.1, -0.05) is 84.8 Å². The van der Waals surface area contributed by atoms with Crippen molar-refractivity contribution in [3.05, 3.63) is 95.6 Å². The number of alkyl carbamates (subject to hydrolysis) is 1. The third kappa shape index (κ3) is 5.02. The zero-order chi connectivity index (χ0) is 24.8. The zero-order valence-corrected chi connectivity index (χ0v) is 19.1. The summed E-state index contributed by atoms with van der Waals surface area (Å²) in [5.41, 5.74) is 3.48. The summed E-state index contributed by atoms with van der Waals surface area (Å²) < 4.78 is 5.63. The van der Waals surface area contributed by atoms with Gasteiger partial charge < -0.3 is 20.5 Å². The maximum absolute atomic E-state index is 13.0. The number of benzene rings is 3. The number of hydrogen-bond acceptors (Lipinski definition) is 4. The molecule has 0 saturated carbocycles. The van der Waals surface area contributed by atoms with E-state index in [2.05, 4.69) is 28.7 Å². The monoisotopic (exact) mass is 468 g/mol. The molecule has 0 spiro atoms. The Kier molecular flexibility index (Phi) is 6.83. The molecule has 0 aromatic heterocycles. The molecule has 176 valence electrons. The van der Waals surface area contributed by atoms with Crippen molar-refractivity contribution in [2.24, 2.45) is 0 Å². The lowest BCUT2D eigenvalue weighted by Crippen LogP contribution is -2.54. The lowest BCUT2D eigenvalue weighted by Gasteiger charge is -2.29. The van der Waals surface area contributed by atoms with Gasteiger partial charge in [-0.15, -0.1) is 0 Å². The highest BCUT2D eigenvalue weighted by Crippen LogP contribution is 2.44. The third-order valence-electron chi connectivity index (χ3n) is 6.03. The van der Waals surface area contributed by atoms with Gasteiger partial charge in [0.1, 0.15) is 12.1 Å². The first-order chi connectivity index (χ1) is 16.9. The van der Waals surface area contributed by atoms with Crippen molar-refractivity contribution in [1.29, 1.82) is 0 Å². The Bertz CT molecular complexity index is 1280. The van der Waals surface area contributed by atoms with Crippen LogP contribution in [0.15, 0.2) is 78.9 Å². The molecule has 0 radical (unpaired) electrons. The normalized spacial score (nSPS) is 13.3. The van der Waals surface area contributed by atoms with Crippen LogP contribution in [0.25, 0.3) is 11.1 Å². The number of carboxylic acids is 1. The lowest BCUT2D eigenvalue weighted by molar-refractivity contribution is -0.130. The minimum absolute atomic E-state index is 0.108. The predicted molar refractivity (Wildman–Crippen MR) is 130 cm³/mol. The van der Waals surface area contributed by atoms with Gasteiger partial charge in [0.25, 0.3) is 5.91 Å². The van der Waals surface area contributed by atoms with Gasteiger partial charge in [0, 0.05) is 11.8 Å². The van der Waals surface area contributed by atoms with E-state index in [0.29, 0.717) is 5.56 Å². The fourth-order valence-electron chi connectivity index (χ4n) is 4.29. The van der Waals surface area contributed by atoms with Gasteiger partial charge in [-0.05, 0) is 34.7 Å². The van der Waals surface area contributed by atoms with E-state index in [1.807, 2.05) is 42.3 Å². The second-order valence-corrected chi connectivity index (χ2v) is 8.23. The van der Waals surface area contributed by atoms with Crippen molar-refractivity contribution < 1.29 is 24.2 Å². The number of aliphatic carboxylic acids is 1. The molecule has 3 aromatic carbocycles. The summed E-state index contributed by atoms with van der Waals surface area (Å²) in [7, 11) is 0. The number of nitrogens with one attached hydrogen (secondary N) is 2. The molecule has 3 N–H and O–H groups in total. The second kappa shape index (κ2) is 10.1. The summed E-state index contributed by atoms with van der Waals surface area (Å²) >= 11 is 0. The SMILES string of the molecule is CC(NC(=O)OCC1c2ccccc2-c2ccccc21)(C(=O)NCC#CC(=O)O)c1ccccc1. The Morgan fingerprint density at radius 2 is 1.49 bits per heavy atom. The Balaban J connectivity index is 1.50. The van der Waals surface area contributed by atoms with E-state index in [1.165, 1.54) is 0 Å². The van der Waals surface area contributed by atoms with Gasteiger partial charge in [0.05, 0.1) is 6.54 Å². The number of carboxylic acid groups (broad SMARTS) is 1. The van der Waals surface area contributed by atoms with Crippen LogP contribution in [0.4, 0.5) is 4.79 Å². The molecule has 0 heterocycles. The molecule has 4 rings (SSSR count). The van der Waals surface area contributed by atoms with Crippen LogP contribution in [0.3, 0.4) is 0 Å². The molecule has 1 unspecified atom stereocenters. The molecule has 0 bridgehead atoms. The van der Waals surface area contributed by atoms with Gasteiger partial charge in [-0.3, -0.25) is 4.79 Å². The number of amides is 2. The molecule has 0 aliphatic heterocycles. The molecule has 1 aliphatic rings. The van der Waals surface area contributed by atoms with Crippen LogP contribution in [-0.2, 0) is 19.9 Å². The van der Waals surface area contributed by atoms with Crippen molar-refractivity contribution in [2.45, 2.75) is 18.4 Å². The highest BCUT2D eigenvalue weighted by molar-refractivity contribution is 5.91. The predicted octanol–water partition coefficient (Wildman–Crippen LogP) is 3.64. The molecule has 3 aromatic rings. The van der Waals surface area contributed by atoms with Gasteiger partial charge in [0.15, 0.2) is 0 Å². The maximum Gasteiger partial charge on any atom is 0.408 e. The average molecular weight is 469 g/mol. The van der Waals surface area contributed by atoms with Crippen molar-refractivity contribution in [2.75, 3.05) is 13.2 Å². The number of rotatable bonds is 6. The molecule has 35 heavy (non-hydrogen) atoms. The molecule has 1 atom stereocenters. The van der Waals surface area contributed by atoms with Gasteiger partial charge in [-0.2, -0.15) is 0 Å². The first-order valence-electron chi connectivity index (χ1n) is 11.1. The number of carbonyl (C=O) groups excluding carboxylic acids is 2. The molecule has 1 aliphatic carbocycles. The Labute approximate surface area is 203 Å². The smallest absolute Gasteiger partial charge is 0.408 e. The van der Waals surface area contributed by atoms with Crippen LogP contribution in [0, 0.1) is 11.8 Å². The van der Waals surface area contributed by atoms with Crippen LogP contribution >= 0.6 is 0 Å².